The van der Waals surface area contributed by atoms with Crippen molar-refractivity contribution in [1.29, 1.82) is 0 Å². The Balaban J connectivity index is 1.89. The molecule has 0 radical (unpaired) electrons. The van der Waals surface area contributed by atoms with Crippen LogP contribution in [0.4, 0.5) is 0 Å². The Labute approximate surface area is 136 Å². The van der Waals surface area contributed by atoms with Gasteiger partial charge in [-0.1, -0.05) is 61.9 Å². The van der Waals surface area contributed by atoms with Crippen LogP contribution in [0.5, 0.6) is 0 Å². The van der Waals surface area contributed by atoms with Crippen LogP contribution >= 0.6 is 0 Å². The highest BCUT2D eigenvalue weighted by Gasteiger charge is 2.12. The van der Waals surface area contributed by atoms with Crippen molar-refractivity contribution < 1.29 is 19.3 Å². The standard InChI is InChI=1S/C19H22O4/c1-2-3-13-22-23-15-17-11-7-8-12-18(17)19(20)21-14-16-9-5-4-6-10-16/h4-12H,2-3,13-15H2,1H3. The van der Waals surface area contributed by atoms with Crippen LogP contribution in [0.15, 0.2) is 54.6 Å². The predicted octanol–water partition coefficient (Wildman–Crippen LogP) is 4.29. The SMILES string of the molecule is CCCCOOCc1ccccc1C(=O)OCc1ccccc1. The van der Waals surface area contributed by atoms with Crippen LogP contribution in [-0.4, -0.2) is 12.6 Å². The molecule has 0 atom stereocenters. The molecule has 2 aromatic carbocycles. The number of hydrogen-bond acceptors (Lipinski definition) is 4. The van der Waals surface area contributed by atoms with Gasteiger partial charge in [0.15, 0.2) is 0 Å². The third-order valence-corrected chi connectivity index (χ3v) is 3.33. The van der Waals surface area contributed by atoms with Crippen molar-refractivity contribution in [3.63, 3.8) is 0 Å². The Morgan fingerprint density at radius 2 is 1.65 bits per heavy atom. The molecule has 0 bridgehead atoms. The van der Waals surface area contributed by atoms with Crippen molar-refractivity contribution in [3.05, 3.63) is 71.3 Å². The zero-order valence-corrected chi connectivity index (χ0v) is 13.4. The zero-order chi connectivity index (χ0) is 16.3. The molecule has 0 aromatic heterocycles. The Bertz CT molecular complexity index is 595. The molecule has 0 spiro atoms. The molecule has 4 nitrogen and oxygen atoms in total. The highest BCUT2D eigenvalue weighted by molar-refractivity contribution is 5.91. The van der Waals surface area contributed by atoms with Gasteiger partial charge in [0.2, 0.25) is 0 Å². The summed E-state index contributed by atoms with van der Waals surface area (Å²) in [4.78, 5) is 22.5. The summed E-state index contributed by atoms with van der Waals surface area (Å²) in [6.07, 6.45) is 1.99. The smallest absolute Gasteiger partial charge is 0.338 e. The van der Waals surface area contributed by atoms with Gasteiger partial charge in [0.25, 0.3) is 0 Å². The lowest BCUT2D eigenvalue weighted by molar-refractivity contribution is -0.304. The van der Waals surface area contributed by atoms with Gasteiger partial charge in [-0.05, 0) is 23.6 Å². The van der Waals surface area contributed by atoms with Crippen LogP contribution in [0.1, 0.15) is 41.3 Å². The molecule has 122 valence electrons. The van der Waals surface area contributed by atoms with Gasteiger partial charge in [-0.25, -0.2) is 14.6 Å². The third-order valence-electron chi connectivity index (χ3n) is 3.33. The maximum absolute atomic E-state index is 12.3. The number of benzene rings is 2. The third kappa shape index (κ3) is 5.85. The Hall–Kier alpha value is -2.17. The Morgan fingerprint density at radius 3 is 2.43 bits per heavy atom. The molecule has 0 saturated heterocycles. The van der Waals surface area contributed by atoms with E-state index >= 15 is 0 Å². The van der Waals surface area contributed by atoms with Crippen molar-refractivity contribution in [2.45, 2.75) is 33.0 Å². The maximum atomic E-state index is 12.3. The van der Waals surface area contributed by atoms with Crippen molar-refractivity contribution in [2.75, 3.05) is 6.61 Å². The van der Waals surface area contributed by atoms with E-state index in [2.05, 4.69) is 6.92 Å². The number of ether oxygens (including phenoxy) is 1. The van der Waals surface area contributed by atoms with Crippen molar-refractivity contribution in [2.24, 2.45) is 0 Å². The number of carbonyl (C=O) groups excluding carboxylic acids is 1. The first-order valence-corrected chi connectivity index (χ1v) is 7.84. The molecule has 0 aliphatic heterocycles. The van der Waals surface area contributed by atoms with Gasteiger partial charge in [0, 0.05) is 0 Å². The second-order valence-corrected chi connectivity index (χ2v) is 5.16. The summed E-state index contributed by atoms with van der Waals surface area (Å²) in [7, 11) is 0. The summed E-state index contributed by atoms with van der Waals surface area (Å²) in [5.74, 6) is -0.360. The van der Waals surface area contributed by atoms with Gasteiger partial charge in [-0.15, -0.1) is 0 Å². The normalized spacial score (nSPS) is 10.5. The van der Waals surface area contributed by atoms with Crippen molar-refractivity contribution in [3.8, 4) is 0 Å². The van der Waals surface area contributed by atoms with E-state index in [0.29, 0.717) is 12.2 Å². The van der Waals surface area contributed by atoms with E-state index in [4.69, 9.17) is 14.5 Å². The molecule has 23 heavy (non-hydrogen) atoms. The minimum Gasteiger partial charge on any atom is -0.457 e. The lowest BCUT2D eigenvalue weighted by atomic mass is 10.1. The molecule has 4 heteroatoms. The summed E-state index contributed by atoms with van der Waals surface area (Å²) in [5.41, 5.74) is 2.21. The second-order valence-electron chi connectivity index (χ2n) is 5.16. The van der Waals surface area contributed by atoms with Crippen LogP contribution in [-0.2, 0) is 27.7 Å². The second kappa shape index (κ2) is 9.77. The van der Waals surface area contributed by atoms with E-state index in [0.717, 1.165) is 24.0 Å². The summed E-state index contributed by atoms with van der Waals surface area (Å²) >= 11 is 0. The molecular formula is C19H22O4. The van der Waals surface area contributed by atoms with Crippen molar-refractivity contribution in [1.82, 2.24) is 0 Å². The lowest BCUT2D eigenvalue weighted by Crippen LogP contribution is -2.09. The molecule has 0 N–H and O–H groups in total. The average Bonchev–Trinajstić information content (AvgIpc) is 2.61. The number of hydrogen-bond donors (Lipinski definition) is 0. The van der Waals surface area contributed by atoms with Gasteiger partial charge in [0.1, 0.15) is 13.2 Å². The van der Waals surface area contributed by atoms with E-state index in [1.165, 1.54) is 0 Å². The van der Waals surface area contributed by atoms with Crippen LogP contribution in [0.25, 0.3) is 0 Å². The molecule has 0 saturated carbocycles. The van der Waals surface area contributed by atoms with Gasteiger partial charge >= 0.3 is 5.97 Å². The minimum atomic E-state index is -0.360. The molecule has 0 aliphatic rings. The average molecular weight is 314 g/mol. The van der Waals surface area contributed by atoms with Gasteiger partial charge in [0.05, 0.1) is 12.2 Å². The molecule has 0 amide bonds. The topological polar surface area (TPSA) is 44.8 Å². The van der Waals surface area contributed by atoms with Crippen LogP contribution in [0.2, 0.25) is 0 Å². The van der Waals surface area contributed by atoms with E-state index in [9.17, 15) is 4.79 Å². The first-order chi connectivity index (χ1) is 11.3. The van der Waals surface area contributed by atoms with E-state index in [1.807, 2.05) is 42.5 Å². The monoisotopic (exact) mass is 314 g/mol. The maximum Gasteiger partial charge on any atom is 0.338 e. The summed E-state index contributed by atoms with van der Waals surface area (Å²) in [6.45, 7) is 3.11. The fraction of sp³-hybridized carbons (Fsp3) is 0.316. The number of rotatable bonds is 9. The predicted molar refractivity (Wildman–Crippen MR) is 87.7 cm³/mol. The highest BCUT2D eigenvalue weighted by atomic mass is 17.2. The Kier molecular flexibility index (Phi) is 7.30. The number of unbranched alkanes of at least 4 members (excludes halogenated alkanes) is 1. The summed E-state index contributed by atoms with van der Waals surface area (Å²) in [5, 5.41) is 0. The molecule has 0 aliphatic carbocycles. The molecular weight excluding hydrogens is 292 g/mol. The first kappa shape index (κ1) is 17.2. The largest absolute Gasteiger partial charge is 0.457 e. The van der Waals surface area contributed by atoms with Crippen LogP contribution < -0.4 is 0 Å². The summed E-state index contributed by atoms with van der Waals surface area (Å²) < 4.78 is 5.36. The van der Waals surface area contributed by atoms with Crippen LogP contribution in [0.3, 0.4) is 0 Å². The van der Waals surface area contributed by atoms with Gasteiger partial charge in [-0.2, -0.15) is 0 Å². The van der Waals surface area contributed by atoms with Gasteiger partial charge < -0.3 is 4.74 Å². The quantitative estimate of drug-likeness (QED) is 0.300. The zero-order valence-electron chi connectivity index (χ0n) is 13.4. The van der Waals surface area contributed by atoms with Crippen LogP contribution in [0, 0.1) is 0 Å². The van der Waals surface area contributed by atoms with Crippen molar-refractivity contribution >= 4 is 5.97 Å². The highest BCUT2D eigenvalue weighted by Crippen LogP contribution is 2.13. The number of esters is 1. The van der Waals surface area contributed by atoms with E-state index in [1.54, 1.807) is 12.1 Å². The van der Waals surface area contributed by atoms with E-state index in [-0.39, 0.29) is 19.2 Å². The van der Waals surface area contributed by atoms with E-state index < -0.39 is 0 Å². The Morgan fingerprint density at radius 1 is 0.913 bits per heavy atom. The fourth-order valence-corrected chi connectivity index (χ4v) is 2.01. The fourth-order valence-electron chi connectivity index (χ4n) is 2.01. The molecule has 2 aromatic rings. The lowest BCUT2D eigenvalue weighted by Gasteiger charge is -2.10. The first-order valence-electron chi connectivity index (χ1n) is 7.84. The molecule has 0 unspecified atom stereocenters. The van der Waals surface area contributed by atoms with Gasteiger partial charge in [-0.3, -0.25) is 0 Å². The minimum absolute atomic E-state index is 0.223. The molecule has 0 fully saturated rings. The molecule has 2 rings (SSSR count). The number of carbonyl (C=O) groups is 1. The summed E-state index contributed by atoms with van der Waals surface area (Å²) in [6, 6.07) is 16.8. The molecule has 0 heterocycles.